The Balaban J connectivity index is 1.76. The molecule has 2 aromatic rings. The summed E-state index contributed by atoms with van der Waals surface area (Å²) in [6.07, 6.45) is 2.19. The number of hydroxylamine groups is 1. The van der Waals surface area contributed by atoms with Crippen LogP contribution in [0.2, 0.25) is 0 Å². The van der Waals surface area contributed by atoms with Gasteiger partial charge in [0.15, 0.2) is 0 Å². The van der Waals surface area contributed by atoms with Crippen molar-refractivity contribution >= 4 is 15.9 Å². The maximum absolute atomic E-state index is 12.7. The van der Waals surface area contributed by atoms with Crippen molar-refractivity contribution in [1.82, 2.24) is 9.79 Å². The topological polar surface area (TPSA) is 75.7 Å². The molecular formula is C20H24N2O4S. The Bertz CT molecular complexity index is 904. The maximum atomic E-state index is 12.7. The number of nitrogens with zero attached hydrogens (tertiary/aromatic N) is 1. The first-order valence-corrected chi connectivity index (χ1v) is 10.3. The minimum Gasteiger partial charge on any atom is -0.345 e. The first-order chi connectivity index (χ1) is 12.8. The van der Waals surface area contributed by atoms with Gasteiger partial charge >= 0.3 is 0 Å². The molecule has 144 valence electrons. The monoisotopic (exact) mass is 388 g/mol. The van der Waals surface area contributed by atoms with E-state index in [-0.39, 0.29) is 16.8 Å². The predicted octanol–water partition coefficient (Wildman–Crippen LogP) is 3.06. The Morgan fingerprint density at radius 1 is 1.11 bits per heavy atom. The third kappa shape index (κ3) is 4.37. The van der Waals surface area contributed by atoms with E-state index >= 15 is 0 Å². The number of rotatable bonds is 7. The van der Waals surface area contributed by atoms with Crippen molar-refractivity contribution < 1.29 is 18.0 Å². The molecule has 1 amide bonds. The summed E-state index contributed by atoms with van der Waals surface area (Å²) in [4.78, 5) is 17.5. The van der Waals surface area contributed by atoms with Crippen LogP contribution < -0.4 is 5.32 Å². The highest BCUT2D eigenvalue weighted by molar-refractivity contribution is 7.89. The highest BCUT2D eigenvalue weighted by Gasteiger charge is 2.33. The fourth-order valence-corrected chi connectivity index (χ4v) is 3.90. The number of benzene rings is 2. The standard InChI is InChI=1S/C20H24N2O4S/c1-14-4-6-15(7-5-14)19(16-8-9-16)21-20(23)17-10-12-18(13-11-17)27(24,25)22(2)26-3/h4-7,10-13,16,19H,8-9H2,1-3H3,(H,21,23). The van der Waals surface area contributed by atoms with Crippen molar-refractivity contribution in [1.29, 1.82) is 0 Å². The summed E-state index contributed by atoms with van der Waals surface area (Å²) >= 11 is 0. The van der Waals surface area contributed by atoms with Gasteiger partial charge in [0.05, 0.1) is 18.0 Å². The number of carbonyl (C=O) groups excluding carboxylic acids is 1. The van der Waals surface area contributed by atoms with Gasteiger partial charge < -0.3 is 5.32 Å². The molecule has 1 aliphatic rings. The fourth-order valence-electron chi connectivity index (χ4n) is 2.93. The lowest BCUT2D eigenvalue weighted by Gasteiger charge is -2.19. The molecule has 2 aromatic carbocycles. The summed E-state index contributed by atoms with van der Waals surface area (Å²) in [7, 11) is -1.13. The summed E-state index contributed by atoms with van der Waals surface area (Å²) in [5, 5.41) is 3.10. The molecule has 0 bridgehead atoms. The number of amides is 1. The van der Waals surface area contributed by atoms with Gasteiger partial charge in [-0.2, -0.15) is 0 Å². The molecule has 1 aliphatic carbocycles. The van der Waals surface area contributed by atoms with Crippen molar-refractivity contribution in [2.24, 2.45) is 5.92 Å². The summed E-state index contributed by atoms with van der Waals surface area (Å²) in [6.45, 7) is 2.03. The average Bonchev–Trinajstić information content (AvgIpc) is 3.51. The summed E-state index contributed by atoms with van der Waals surface area (Å²) < 4.78 is 25.2. The van der Waals surface area contributed by atoms with E-state index in [2.05, 4.69) is 17.4 Å². The molecule has 1 fully saturated rings. The first kappa shape index (κ1) is 19.5. The largest absolute Gasteiger partial charge is 0.345 e. The maximum Gasteiger partial charge on any atom is 0.264 e. The van der Waals surface area contributed by atoms with E-state index in [4.69, 9.17) is 4.84 Å². The zero-order valence-corrected chi connectivity index (χ0v) is 16.5. The van der Waals surface area contributed by atoms with Gasteiger partial charge in [-0.25, -0.2) is 8.42 Å². The van der Waals surface area contributed by atoms with Gasteiger partial charge in [0.1, 0.15) is 0 Å². The lowest BCUT2D eigenvalue weighted by atomic mass is 10.0. The Morgan fingerprint density at radius 2 is 1.70 bits per heavy atom. The van der Waals surface area contributed by atoms with Gasteiger partial charge in [-0.05, 0) is 55.5 Å². The minimum atomic E-state index is -3.73. The molecule has 1 saturated carbocycles. The SMILES string of the molecule is CON(C)S(=O)(=O)c1ccc(C(=O)NC(c2ccc(C)cc2)C2CC2)cc1. The Kier molecular flexibility index (Phi) is 5.64. The van der Waals surface area contributed by atoms with E-state index in [1.165, 1.54) is 44.0 Å². The second-order valence-electron chi connectivity index (χ2n) is 6.82. The molecule has 6 nitrogen and oxygen atoms in total. The molecule has 0 saturated heterocycles. The molecule has 1 N–H and O–H groups in total. The number of aryl methyl sites for hydroxylation is 1. The van der Waals surface area contributed by atoms with Gasteiger partial charge in [-0.15, -0.1) is 0 Å². The molecule has 7 heteroatoms. The lowest BCUT2D eigenvalue weighted by Crippen LogP contribution is -2.30. The Hall–Kier alpha value is -2.22. The van der Waals surface area contributed by atoms with Gasteiger partial charge in [0, 0.05) is 12.6 Å². The first-order valence-electron chi connectivity index (χ1n) is 8.83. The van der Waals surface area contributed by atoms with Crippen LogP contribution in [-0.2, 0) is 14.9 Å². The molecule has 0 aromatic heterocycles. The van der Waals surface area contributed by atoms with E-state index in [1.54, 1.807) is 0 Å². The third-order valence-corrected chi connectivity index (χ3v) is 6.52. The number of nitrogens with one attached hydrogen (secondary N) is 1. The van der Waals surface area contributed by atoms with Crippen LogP contribution in [0.4, 0.5) is 0 Å². The highest BCUT2D eigenvalue weighted by Crippen LogP contribution is 2.41. The van der Waals surface area contributed by atoms with Gasteiger partial charge in [0.2, 0.25) is 0 Å². The van der Waals surface area contributed by atoms with Crippen LogP contribution >= 0.6 is 0 Å². The summed E-state index contributed by atoms with van der Waals surface area (Å²) in [6, 6.07) is 14.0. The summed E-state index contributed by atoms with van der Waals surface area (Å²) in [5.41, 5.74) is 2.70. The van der Waals surface area contributed by atoms with Crippen molar-refractivity contribution in [2.75, 3.05) is 14.2 Å². The molecule has 27 heavy (non-hydrogen) atoms. The number of hydrogen-bond acceptors (Lipinski definition) is 4. The molecule has 1 atom stereocenters. The second-order valence-corrected chi connectivity index (χ2v) is 8.76. The number of sulfonamides is 1. The molecular weight excluding hydrogens is 364 g/mol. The van der Waals surface area contributed by atoms with Gasteiger partial charge in [-0.1, -0.05) is 34.3 Å². The van der Waals surface area contributed by atoms with E-state index in [0.29, 0.717) is 11.5 Å². The molecule has 1 unspecified atom stereocenters. The minimum absolute atomic E-state index is 0.0267. The smallest absolute Gasteiger partial charge is 0.264 e. The van der Waals surface area contributed by atoms with Crippen LogP contribution in [0.25, 0.3) is 0 Å². The van der Waals surface area contributed by atoms with Gasteiger partial charge in [-0.3, -0.25) is 9.63 Å². The second kappa shape index (κ2) is 7.80. The van der Waals surface area contributed by atoms with Crippen LogP contribution in [0.3, 0.4) is 0 Å². The quantitative estimate of drug-likeness (QED) is 0.740. The van der Waals surface area contributed by atoms with Gasteiger partial charge in [0.25, 0.3) is 15.9 Å². The van der Waals surface area contributed by atoms with Crippen LogP contribution in [-0.4, -0.2) is 33.0 Å². The fraction of sp³-hybridized carbons (Fsp3) is 0.350. The van der Waals surface area contributed by atoms with Crippen LogP contribution in [0.15, 0.2) is 53.4 Å². The highest BCUT2D eigenvalue weighted by atomic mass is 32.2. The Labute approximate surface area is 160 Å². The number of hydrogen-bond donors (Lipinski definition) is 1. The predicted molar refractivity (Wildman–Crippen MR) is 103 cm³/mol. The number of carbonyl (C=O) groups is 1. The zero-order valence-electron chi connectivity index (χ0n) is 15.7. The molecule has 0 aliphatic heterocycles. The molecule has 3 rings (SSSR count). The van der Waals surface area contributed by atoms with Crippen molar-refractivity contribution in [2.45, 2.75) is 30.7 Å². The van der Waals surface area contributed by atoms with Crippen molar-refractivity contribution in [3.8, 4) is 0 Å². The van der Waals surface area contributed by atoms with E-state index in [9.17, 15) is 13.2 Å². The van der Waals surface area contributed by atoms with Crippen LogP contribution in [0.5, 0.6) is 0 Å². The molecule has 0 radical (unpaired) electrons. The summed E-state index contributed by atoms with van der Waals surface area (Å²) in [5.74, 6) is 0.239. The molecule has 0 spiro atoms. The van der Waals surface area contributed by atoms with E-state index in [1.807, 2.05) is 19.1 Å². The van der Waals surface area contributed by atoms with Crippen molar-refractivity contribution in [3.05, 3.63) is 65.2 Å². The Morgan fingerprint density at radius 3 is 2.22 bits per heavy atom. The average molecular weight is 388 g/mol. The normalized spacial score (nSPS) is 15.6. The van der Waals surface area contributed by atoms with E-state index in [0.717, 1.165) is 22.9 Å². The van der Waals surface area contributed by atoms with Crippen LogP contribution in [0.1, 0.15) is 40.4 Å². The van der Waals surface area contributed by atoms with Crippen LogP contribution in [0, 0.1) is 12.8 Å². The third-order valence-electron chi connectivity index (χ3n) is 4.83. The van der Waals surface area contributed by atoms with Crippen molar-refractivity contribution in [3.63, 3.8) is 0 Å². The zero-order chi connectivity index (χ0) is 19.6. The lowest BCUT2D eigenvalue weighted by molar-refractivity contribution is -0.0258. The van der Waals surface area contributed by atoms with E-state index < -0.39 is 10.0 Å². The molecule has 0 heterocycles.